The molecule has 0 unspecified atom stereocenters. The Labute approximate surface area is 105 Å². The summed E-state index contributed by atoms with van der Waals surface area (Å²) < 4.78 is 18.5. The van der Waals surface area contributed by atoms with Crippen LogP contribution in [0.3, 0.4) is 0 Å². The van der Waals surface area contributed by atoms with Gasteiger partial charge in [-0.2, -0.15) is 0 Å². The molecule has 2 aromatic rings. The number of ether oxygens (including phenoxy) is 1. The van der Waals surface area contributed by atoms with Crippen molar-refractivity contribution in [2.24, 2.45) is 0 Å². The molecule has 0 heterocycles. The first-order chi connectivity index (χ1) is 8.65. The van der Waals surface area contributed by atoms with Gasteiger partial charge in [0, 0.05) is 5.56 Å². The van der Waals surface area contributed by atoms with Gasteiger partial charge in [0.15, 0.2) is 11.6 Å². The molecule has 0 N–H and O–H groups in total. The molecule has 0 radical (unpaired) electrons. The zero-order valence-electron chi connectivity index (χ0n) is 10.2. The molecular formula is C15H13FO2. The van der Waals surface area contributed by atoms with Gasteiger partial charge in [0.2, 0.25) is 0 Å². The van der Waals surface area contributed by atoms with Crippen LogP contribution in [0.5, 0.6) is 5.75 Å². The van der Waals surface area contributed by atoms with Crippen molar-refractivity contribution in [3.8, 4) is 16.9 Å². The molecule has 0 aliphatic rings. The van der Waals surface area contributed by atoms with Crippen molar-refractivity contribution in [2.45, 2.75) is 6.92 Å². The van der Waals surface area contributed by atoms with Crippen molar-refractivity contribution >= 4 is 6.29 Å². The molecule has 0 atom stereocenters. The highest BCUT2D eigenvalue weighted by atomic mass is 19.1. The van der Waals surface area contributed by atoms with Crippen LogP contribution in [0, 0.1) is 12.7 Å². The van der Waals surface area contributed by atoms with Crippen LogP contribution in [-0.2, 0) is 0 Å². The number of halogens is 1. The molecule has 2 aromatic carbocycles. The summed E-state index contributed by atoms with van der Waals surface area (Å²) in [4.78, 5) is 10.8. The average molecular weight is 244 g/mol. The molecule has 0 bridgehead atoms. The van der Waals surface area contributed by atoms with Crippen LogP contribution >= 0.6 is 0 Å². The predicted molar refractivity (Wildman–Crippen MR) is 68.5 cm³/mol. The highest BCUT2D eigenvalue weighted by Crippen LogP contribution is 2.28. The van der Waals surface area contributed by atoms with Crippen LogP contribution < -0.4 is 4.74 Å². The van der Waals surface area contributed by atoms with E-state index in [1.54, 1.807) is 24.3 Å². The van der Waals surface area contributed by atoms with Gasteiger partial charge in [-0.1, -0.05) is 18.2 Å². The number of benzene rings is 2. The Balaban J connectivity index is 2.54. The molecule has 0 saturated carbocycles. The normalized spacial score (nSPS) is 10.2. The van der Waals surface area contributed by atoms with Gasteiger partial charge < -0.3 is 4.74 Å². The zero-order chi connectivity index (χ0) is 13.1. The van der Waals surface area contributed by atoms with Gasteiger partial charge in [-0.25, -0.2) is 4.39 Å². The Morgan fingerprint density at radius 3 is 2.56 bits per heavy atom. The van der Waals surface area contributed by atoms with Crippen molar-refractivity contribution in [1.29, 1.82) is 0 Å². The van der Waals surface area contributed by atoms with Crippen LogP contribution in [0.25, 0.3) is 11.1 Å². The molecule has 2 nitrogen and oxygen atoms in total. The van der Waals surface area contributed by atoms with E-state index in [-0.39, 0.29) is 5.75 Å². The van der Waals surface area contributed by atoms with Crippen molar-refractivity contribution < 1.29 is 13.9 Å². The van der Waals surface area contributed by atoms with Crippen LogP contribution in [-0.4, -0.2) is 13.4 Å². The standard InChI is InChI=1S/C15H13FO2/c1-10-3-4-11(9-17)7-13(10)12-5-6-15(18-2)14(16)8-12/h3-9H,1-2H3. The van der Waals surface area contributed by atoms with Gasteiger partial charge >= 0.3 is 0 Å². The Bertz CT molecular complexity index is 591. The van der Waals surface area contributed by atoms with E-state index in [0.717, 1.165) is 23.0 Å². The second-order valence-corrected chi connectivity index (χ2v) is 4.04. The third kappa shape index (κ3) is 2.25. The summed E-state index contributed by atoms with van der Waals surface area (Å²) in [7, 11) is 1.43. The lowest BCUT2D eigenvalue weighted by Crippen LogP contribution is -1.91. The SMILES string of the molecule is COc1ccc(-c2cc(C=O)ccc2C)cc1F. The molecule has 0 aromatic heterocycles. The van der Waals surface area contributed by atoms with Crippen molar-refractivity contribution in [2.75, 3.05) is 7.11 Å². The summed E-state index contributed by atoms with van der Waals surface area (Å²) in [5.74, 6) is -0.200. The first-order valence-electron chi connectivity index (χ1n) is 5.55. The number of rotatable bonds is 3. The third-order valence-corrected chi connectivity index (χ3v) is 2.86. The van der Waals surface area contributed by atoms with Crippen LogP contribution in [0.4, 0.5) is 4.39 Å². The van der Waals surface area contributed by atoms with Gasteiger partial charge in [-0.15, -0.1) is 0 Å². The van der Waals surface area contributed by atoms with Crippen molar-refractivity contribution in [3.63, 3.8) is 0 Å². The van der Waals surface area contributed by atoms with Gasteiger partial charge in [0.05, 0.1) is 7.11 Å². The summed E-state index contributed by atoms with van der Waals surface area (Å²) in [5, 5.41) is 0. The Morgan fingerprint density at radius 1 is 1.17 bits per heavy atom. The van der Waals surface area contributed by atoms with Gasteiger partial charge in [0.25, 0.3) is 0 Å². The van der Waals surface area contributed by atoms with E-state index in [2.05, 4.69) is 0 Å². The topological polar surface area (TPSA) is 26.3 Å². The molecule has 3 heteroatoms. The maximum atomic E-state index is 13.7. The van der Waals surface area contributed by atoms with Crippen molar-refractivity contribution in [1.82, 2.24) is 0 Å². The maximum absolute atomic E-state index is 13.7. The Morgan fingerprint density at radius 2 is 1.94 bits per heavy atom. The van der Waals surface area contributed by atoms with E-state index in [9.17, 15) is 9.18 Å². The molecule has 0 fully saturated rings. The minimum atomic E-state index is -0.411. The van der Waals surface area contributed by atoms with Crippen LogP contribution in [0.15, 0.2) is 36.4 Å². The number of methoxy groups -OCH3 is 1. The smallest absolute Gasteiger partial charge is 0.165 e. The Hall–Kier alpha value is -2.16. The lowest BCUT2D eigenvalue weighted by atomic mass is 9.98. The van der Waals surface area contributed by atoms with E-state index < -0.39 is 5.82 Å². The number of hydrogen-bond donors (Lipinski definition) is 0. The second kappa shape index (κ2) is 5.00. The molecule has 2 rings (SSSR count). The number of carbonyl (C=O) groups is 1. The highest BCUT2D eigenvalue weighted by Gasteiger charge is 2.08. The molecule has 0 aliphatic carbocycles. The minimum Gasteiger partial charge on any atom is -0.494 e. The zero-order valence-corrected chi connectivity index (χ0v) is 10.2. The van der Waals surface area contributed by atoms with E-state index >= 15 is 0 Å². The lowest BCUT2D eigenvalue weighted by molar-refractivity contribution is 0.112. The second-order valence-electron chi connectivity index (χ2n) is 4.04. The summed E-state index contributed by atoms with van der Waals surface area (Å²) in [6.45, 7) is 1.92. The molecule has 0 amide bonds. The summed E-state index contributed by atoms with van der Waals surface area (Å²) in [5.41, 5.74) is 3.15. The highest BCUT2D eigenvalue weighted by molar-refractivity contribution is 5.80. The fourth-order valence-electron chi connectivity index (χ4n) is 1.86. The van der Waals surface area contributed by atoms with Gasteiger partial charge in [0.1, 0.15) is 6.29 Å². The molecule has 0 spiro atoms. The summed E-state index contributed by atoms with van der Waals surface area (Å²) in [6.07, 6.45) is 0.781. The first-order valence-corrected chi connectivity index (χ1v) is 5.55. The van der Waals surface area contributed by atoms with E-state index in [1.165, 1.54) is 13.2 Å². The molecule has 92 valence electrons. The lowest BCUT2D eigenvalue weighted by Gasteiger charge is -2.09. The molecule has 18 heavy (non-hydrogen) atoms. The minimum absolute atomic E-state index is 0.211. The number of hydrogen-bond acceptors (Lipinski definition) is 2. The first kappa shape index (κ1) is 12.3. The van der Waals surface area contributed by atoms with E-state index in [1.807, 2.05) is 13.0 Å². The van der Waals surface area contributed by atoms with Gasteiger partial charge in [-0.3, -0.25) is 4.79 Å². The average Bonchev–Trinajstić information content (AvgIpc) is 2.39. The van der Waals surface area contributed by atoms with Crippen LogP contribution in [0.1, 0.15) is 15.9 Å². The fourth-order valence-corrected chi connectivity index (χ4v) is 1.86. The number of carbonyl (C=O) groups excluding carboxylic acids is 1. The molecular weight excluding hydrogens is 231 g/mol. The summed E-state index contributed by atoms with van der Waals surface area (Å²) in [6, 6.07) is 10.1. The quantitative estimate of drug-likeness (QED) is 0.771. The maximum Gasteiger partial charge on any atom is 0.165 e. The summed E-state index contributed by atoms with van der Waals surface area (Å²) >= 11 is 0. The monoisotopic (exact) mass is 244 g/mol. The van der Waals surface area contributed by atoms with Gasteiger partial charge in [-0.05, 0) is 41.8 Å². The third-order valence-electron chi connectivity index (χ3n) is 2.86. The molecule has 0 saturated heterocycles. The van der Waals surface area contributed by atoms with E-state index in [4.69, 9.17) is 4.74 Å². The van der Waals surface area contributed by atoms with Crippen LogP contribution in [0.2, 0.25) is 0 Å². The van der Waals surface area contributed by atoms with E-state index in [0.29, 0.717) is 5.56 Å². The number of aldehydes is 1. The largest absolute Gasteiger partial charge is 0.494 e. The number of aryl methyl sites for hydroxylation is 1. The van der Waals surface area contributed by atoms with Crippen molar-refractivity contribution in [3.05, 3.63) is 53.3 Å². The Kier molecular flexibility index (Phi) is 3.42. The predicted octanol–water partition coefficient (Wildman–Crippen LogP) is 3.62. The molecule has 0 aliphatic heterocycles. The fraction of sp³-hybridized carbons (Fsp3) is 0.133.